The van der Waals surface area contributed by atoms with E-state index in [0.29, 0.717) is 6.42 Å². The zero-order valence-electron chi connectivity index (χ0n) is 49.3. The summed E-state index contributed by atoms with van der Waals surface area (Å²) in [5.74, 6) is -0.830. The van der Waals surface area contributed by atoms with Gasteiger partial charge in [0.15, 0.2) is 6.10 Å². The predicted octanol–water partition coefficient (Wildman–Crippen LogP) is 20.5. The Balaban J connectivity index is 3.82. The molecule has 75 heavy (non-hydrogen) atoms. The van der Waals surface area contributed by atoms with Crippen molar-refractivity contribution in [2.24, 2.45) is 5.73 Å². The maximum atomic E-state index is 12.7. The van der Waals surface area contributed by atoms with Gasteiger partial charge in [0.25, 0.3) is 0 Å². The summed E-state index contributed by atoms with van der Waals surface area (Å²) in [6.07, 6.45) is 76.3. The molecule has 0 aliphatic carbocycles. The topological polar surface area (TPSA) is 134 Å². The van der Waals surface area contributed by atoms with Crippen LogP contribution in [0.25, 0.3) is 0 Å². The lowest BCUT2D eigenvalue weighted by Crippen LogP contribution is -2.29. The molecule has 0 fully saturated rings. The molecular formula is C65H122NO8P. The normalized spacial score (nSPS) is 13.3. The molecule has 440 valence electrons. The van der Waals surface area contributed by atoms with Crippen molar-refractivity contribution >= 4 is 19.8 Å². The van der Waals surface area contributed by atoms with E-state index in [1.165, 1.54) is 218 Å². The van der Waals surface area contributed by atoms with Gasteiger partial charge in [-0.25, -0.2) is 4.57 Å². The van der Waals surface area contributed by atoms with Crippen LogP contribution in [0.1, 0.15) is 322 Å². The Labute approximate surface area is 464 Å². The molecule has 0 aromatic carbocycles. The van der Waals surface area contributed by atoms with Crippen LogP contribution in [0.4, 0.5) is 0 Å². The number of ether oxygens (including phenoxy) is 2. The van der Waals surface area contributed by atoms with Crippen LogP contribution < -0.4 is 5.73 Å². The average Bonchev–Trinajstić information content (AvgIpc) is 3.40. The van der Waals surface area contributed by atoms with E-state index in [1.807, 2.05) is 0 Å². The predicted molar refractivity (Wildman–Crippen MR) is 321 cm³/mol. The number of esters is 2. The maximum Gasteiger partial charge on any atom is 0.472 e. The number of unbranched alkanes of at least 4 members (excludes halogenated alkanes) is 40. The Morgan fingerprint density at radius 3 is 1.07 bits per heavy atom. The van der Waals surface area contributed by atoms with E-state index in [1.54, 1.807) is 0 Å². The van der Waals surface area contributed by atoms with Gasteiger partial charge in [-0.15, -0.1) is 0 Å². The first-order chi connectivity index (χ1) is 36.8. The fourth-order valence-electron chi connectivity index (χ4n) is 9.41. The highest BCUT2D eigenvalue weighted by Crippen LogP contribution is 2.43. The summed E-state index contributed by atoms with van der Waals surface area (Å²) in [4.78, 5) is 35.2. The van der Waals surface area contributed by atoms with E-state index in [9.17, 15) is 19.0 Å². The van der Waals surface area contributed by atoms with Crippen LogP contribution in [0.5, 0.6) is 0 Å². The van der Waals surface area contributed by atoms with Gasteiger partial charge >= 0.3 is 19.8 Å². The SMILES string of the molecule is CCCCC/C=C\C/C=C\C/C=C\CCCCCCCCC(=O)OC(COC(=O)CCCCCCCCCCCCCCCCCCCCCCCCC/C=C\CCCCCCCCCC)COP(=O)(O)OCCN. The van der Waals surface area contributed by atoms with E-state index >= 15 is 0 Å². The first-order valence-electron chi connectivity index (χ1n) is 32.1. The molecule has 0 rings (SSSR count). The van der Waals surface area contributed by atoms with Crippen molar-refractivity contribution in [3.05, 3.63) is 48.6 Å². The van der Waals surface area contributed by atoms with E-state index in [2.05, 4.69) is 62.5 Å². The molecule has 0 bridgehead atoms. The molecule has 0 heterocycles. The molecule has 0 spiro atoms. The van der Waals surface area contributed by atoms with Crippen LogP contribution in [0.2, 0.25) is 0 Å². The van der Waals surface area contributed by atoms with Gasteiger partial charge in [0, 0.05) is 19.4 Å². The van der Waals surface area contributed by atoms with Crippen molar-refractivity contribution in [3.8, 4) is 0 Å². The number of carbonyl (C=O) groups is 2. The molecule has 3 N–H and O–H groups in total. The van der Waals surface area contributed by atoms with Crippen LogP contribution in [-0.4, -0.2) is 49.3 Å². The maximum absolute atomic E-state index is 12.7. The van der Waals surface area contributed by atoms with Crippen LogP contribution in [0.15, 0.2) is 48.6 Å². The van der Waals surface area contributed by atoms with Gasteiger partial charge in [-0.3, -0.25) is 18.6 Å². The van der Waals surface area contributed by atoms with Gasteiger partial charge in [0.2, 0.25) is 0 Å². The first-order valence-corrected chi connectivity index (χ1v) is 33.6. The minimum atomic E-state index is -4.39. The van der Waals surface area contributed by atoms with Gasteiger partial charge in [-0.2, -0.15) is 0 Å². The molecule has 0 saturated carbocycles. The fourth-order valence-corrected chi connectivity index (χ4v) is 10.2. The number of hydrogen-bond acceptors (Lipinski definition) is 8. The lowest BCUT2D eigenvalue weighted by atomic mass is 10.0. The fraction of sp³-hybridized carbons (Fsp3) is 0.846. The van der Waals surface area contributed by atoms with Crippen molar-refractivity contribution < 1.29 is 37.6 Å². The van der Waals surface area contributed by atoms with Crippen LogP contribution in [0.3, 0.4) is 0 Å². The minimum absolute atomic E-state index is 0.0512. The molecule has 10 heteroatoms. The van der Waals surface area contributed by atoms with E-state index in [-0.39, 0.29) is 38.6 Å². The van der Waals surface area contributed by atoms with Crippen molar-refractivity contribution in [3.63, 3.8) is 0 Å². The van der Waals surface area contributed by atoms with Gasteiger partial charge in [-0.1, -0.05) is 281 Å². The number of hydrogen-bond donors (Lipinski definition) is 2. The standard InChI is InChI=1S/C65H122NO8P/c1-3-5-7-9-11-13-15-17-19-21-23-24-25-26-27-28-29-30-31-32-33-34-35-36-37-38-40-41-43-45-47-49-51-53-55-57-64(67)71-61-63(62-73-75(69,70)72-60-59-66)74-65(68)58-56-54-52-50-48-46-44-42-39-22-20-18-16-14-12-10-8-6-4-2/h12,14,18,20-21,23,39,42,63H,3-11,13,15-17,19,22,24-38,40-41,43-62,66H2,1-2H3,(H,69,70)/b14-12-,20-18-,23-21-,42-39-. The van der Waals surface area contributed by atoms with Crippen LogP contribution >= 0.6 is 7.82 Å². The molecule has 2 atom stereocenters. The molecule has 2 unspecified atom stereocenters. The largest absolute Gasteiger partial charge is 0.472 e. The zero-order valence-corrected chi connectivity index (χ0v) is 50.2. The summed E-state index contributed by atoms with van der Waals surface area (Å²) >= 11 is 0. The summed E-state index contributed by atoms with van der Waals surface area (Å²) in [7, 11) is -4.39. The number of phosphoric acid groups is 1. The number of allylic oxidation sites excluding steroid dienone is 8. The zero-order chi connectivity index (χ0) is 54.5. The lowest BCUT2D eigenvalue weighted by molar-refractivity contribution is -0.161. The monoisotopic (exact) mass is 1080 g/mol. The highest BCUT2D eigenvalue weighted by Gasteiger charge is 2.26. The Morgan fingerprint density at radius 1 is 0.400 bits per heavy atom. The van der Waals surface area contributed by atoms with Gasteiger partial charge in [-0.05, 0) is 77.0 Å². The summed E-state index contributed by atoms with van der Waals surface area (Å²) in [5, 5.41) is 0. The van der Waals surface area contributed by atoms with Crippen molar-refractivity contribution in [1.29, 1.82) is 0 Å². The number of carbonyl (C=O) groups excluding carboxylic acids is 2. The second-order valence-electron chi connectivity index (χ2n) is 21.6. The summed E-state index contributed by atoms with van der Waals surface area (Å²) in [6, 6.07) is 0. The van der Waals surface area contributed by atoms with Crippen molar-refractivity contribution in [2.75, 3.05) is 26.4 Å². The smallest absolute Gasteiger partial charge is 0.462 e. The molecule has 0 aromatic heterocycles. The highest BCUT2D eigenvalue weighted by atomic mass is 31.2. The molecule has 0 aliphatic heterocycles. The molecule has 0 aliphatic rings. The van der Waals surface area contributed by atoms with Crippen LogP contribution in [0, 0.1) is 0 Å². The number of phosphoric ester groups is 1. The third-order valence-electron chi connectivity index (χ3n) is 14.2. The van der Waals surface area contributed by atoms with Gasteiger partial charge < -0.3 is 20.1 Å². The second-order valence-corrected chi connectivity index (χ2v) is 23.1. The van der Waals surface area contributed by atoms with Gasteiger partial charge in [0.1, 0.15) is 6.61 Å². The summed E-state index contributed by atoms with van der Waals surface area (Å²) < 4.78 is 33.1. The highest BCUT2D eigenvalue weighted by molar-refractivity contribution is 7.47. The number of nitrogens with two attached hydrogens (primary N) is 1. The van der Waals surface area contributed by atoms with Crippen molar-refractivity contribution in [2.45, 2.75) is 328 Å². The molecule has 0 aromatic rings. The number of rotatable bonds is 61. The molecule has 0 amide bonds. The Kier molecular flexibility index (Phi) is 59.5. The van der Waals surface area contributed by atoms with Crippen molar-refractivity contribution in [1.82, 2.24) is 0 Å². The average molecular weight is 1080 g/mol. The van der Waals surface area contributed by atoms with E-state index in [4.69, 9.17) is 24.3 Å². The van der Waals surface area contributed by atoms with Crippen LogP contribution in [-0.2, 0) is 32.7 Å². The Morgan fingerprint density at radius 2 is 0.693 bits per heavy atom. The summed E-state index contributed by atoms with van der Waals surface area (Å²) in [5.41, 5.74) is 5.39. The second kappa shape index (κ2) is 61.2. The third-order valence-corrected chi connectivity index (χ3v) is 15.2. The first kappa shape index (κ1) is 73.0. The van der Waals surface area contributed by atoms with E-state index in [0.717, 1.165) is 70.6 Å². The molecule has 9 nitrogen and oxygen atoms in total. The minimum Gasteiger partial charge on any atom is -0.462 e. The van der Waals surface area contributed by atoms with Gasteiger partial charge in [0.05, 0.1) is 13.2 Å². The lowest BCUT2D eigenvalue weighted by Gasteiger charge is -2.19. The Bertz CT molecular complexity index is 1370. The summed E-state index contributed by atoms with van der Waals surface area (Å²) in [6.45, 7) is 3.74. The third kappa shape index (κ3) is 61.1. The quantitative estimate of drug-likeness (QED) is 0.0264. The molecule has 0 saturated heterocycles. The van der Waals surface area contributed by atoms with E-state index < -0.39 is 26.5 Å². The molecule has 0 radical (unpaired) electrons. The molecular weight excluding hydrogens is 954 g/mol. The Hall–Kier alpha value is -2.03.